The summed E-state index contributed by atoms with van der Waals surface area (Å²) in [6.45, 7) is 4.35. The van der Waals surface area contributed by atoms with Crippen LogP contribution in [0.25, 0.3) is 11.3 Å². The molecule has 0 unspecified atom stereocenters. The van der Waals surface area contributed by atoms with E-state index in [0.717, 1.165) is 16.8 Å². The Hall–Kier alpha value is -3.99. The lowest BCUT2D eigenvalue weighted by atomic mass is 10.0. The Morgan fingerprint density at radius 2 is 1.76 bits per heavy atom. The number of methoxy groups -OCH3 is 2. The molecule has 2 aromatic carbocycles. The van der Waals surface area contributed by atoms with E-state index in [9.17, 15) is 9.59 Å². The van der Waals surface area contributed by atoms with Gasteiger partial charge in [-0.05, 0) is 47.1 Å². The topological polar surface area (TPSA) is 141 Å². The molecular formula is C26H32N6O4S. The van der Waals surface area contributed by atoms with Gasteiger partial charge in [-0.3, -0.25) is 9.59 Å². The van der Waals surface area contributed by atoms with Crippen LogP contribution in [0.5, 0.6) is 11.5 Å². The van der Waals surface area contributed by atoms with Gasteiger partial charge in [0.25, 0.3) is 5.91 Å². The van der Waals surface area contributed by atoms with Crippen LogP contribution in [0.15, 0.2) is 52.8 Å². The van der Waals surface area contributed by atoms with Gasteiger partial charge in [-0.25, -0.2) is 0 Å². The van der Waals surface area contributed by atoms with Crippen molar-refractivity contribution in [3.05, 3.63) is 59.0 Å². The average Bonchev–Trinajstić information content (AvgIpc) is 3.41. The van der Waals surface area contributed by atoms with Gasteiger partial charge in [0.15, 0.2) is 17.5 Å². The molecular weight excluding hydrogens is 492 g/mol. The first-order valence-corrected chi connectivity index (χ1v) is 12.6. The highest BCUT2D eigenvalue weighted by Gasteiger charge is 2.21. The third kappa shape index (κ3) is 8.28. The van der Waals surface area contributed by atoms with E-state index in [4.69, 9.17) is 15.2 Å². The number of hydrogen-bond acceptors (Lipinski definition) is 7. The molecule has 0 saturated heterocycles. The SMILES string of the molecule is COc1ccc(CC(=O)N=C(N)N[C@H](CC(C)C)C(=O)NCc2ccc(-c3csnn3)cc2)cc1OC. The number of hydrogen-bond donors (Lipinski definition) is 3. The van der Waals surface area contributed by atoms with E-state index >= 15 is 0 Å². The number of aromatic nitrogens is 2. The average molecular weight is 525 g/mol. The van der Waals surface area contributed by atoms with Crippen LogP contribution >= 0.6 is 11.5 Å². The van der Waals surface area contributed by atoms with Gasteiger partial charge in [0.05, 0.1) is 20.6 Å². The zero-order valence-electron chi connectivity index (χ0n) is 21.4. The highest BCUT2D eigenvalue weighted by molar-refractivity contribution is 7.03. The quantitative estimate of drug-likeness (QED) is 0.257. The lowest BCUT2D eigenvalue weighted by Crippen LogP contribution is -2.49. The molecule has 0 bridgehead atoms. The molecule has 196 valence electrons. The van der Waals surface area contributed by atoms with Gasteiger partial charge < -0.3 is 25.8 Å². The van der Waals surface area contributed by atoms with Crippen molar-refractivity contribution in [2.45, 2.75) is 39.3 Å². The first-order valence-electron chi connectivity index (χ1n) is 11.8. The number of rotatable bonds is 11. The number of aliphatic imine (C=N–C) groups is 1. The number of nitrogens with zero attached hydrogens (tertiary/aromatic N) is 3. The van der Waals surface area contributed by atoms with Crippen LogP contribution in [0, 0.1) is 5.92 Å². The third-order valence-corrected chi connectivity index (χ3v) is 5.98. The number of carbonyl (C=O) groups is 2. The molecule has 0 spiro atoms. The largest absolute Gasteiger partial charge is 0.493 e. The van der Waals surface area contributed by atoms with Crippen molar-refractivity contribution in [2.75, 3.05) is 14.2 Å². The predicted octanol–water partition coefficient (Wildman–Crippen LogP) is 2.93. The van der Waals surface area contributed by atoms with E-state index in [1.165, 1.54) is 18.6 Å². The van der Waals surface area contributed by atoms with Crippen LogP contribution < -0.4 is 25.8 Å². The van der Waals surface area contributed by atoms with Gasteiger partial charge in [-0.15, -0.1) is 5.10 Å². The summed E-state index contributed by atoms with van der Waals surface area (Å²) in [6.07, 6.45) is 0.540. The number of nitrogens with one attached hydrogen (secondary N) is 2. The summed E-state index contributed by atoms with van der Waals surface area (Å²) in [6, 6.07) is 12.3. The van der Waals surface area contributed by atoms with Crippen molar-refractivity contribution in [3.8, 4) is 22.8 Å². The smallest absolute Gasteiger partial charge is 0.253 e. The Morgan fingerprint density at radius 3 is 2.38 bits per heavy atom. The normalized spacial score (nSPS) is 12.2. The van der Waals surface area contributed by atoms with Crippen LogP contribution in [0.4, 0.5) is 0 Å². The number of ether oxygens (including phenoxy) is 2. The molecule has 0 aliphatic rings. The molecule has 11 heteroatoms. The summed E-state index contributed by atoms with van der Waals surface area (Å²) in [4.78, 5) is 29.4. The van der Waals surface area contributed by atoms with Crippen LogP contribution in [0.2, 0.25) is 0 Å². The van der Waals surface area contributed by atoms with E-state index in [-0.39, 0.29) is 24.2 Å². The van der Waals surface area contributed by atoms with Crippen molar-refractivity contribution in [2.24, 2.45) is 16.6 Å². The second kappa shape index (κ2) is 13.4. The lowest BCUT2D eigenvalue weighted by Gasteiger charge is -2.20. The van der Waals surface area contributed by atoms with Gasteiger partial charge in [-0.1, -0.05) is 48.7 Å². The summed E-state index contributed by atoms with van der Waals surface area (Å²) < 4.78 is 14.4. The number of amides is 2. The van der Waals surface area contributed by atoms with Gasteiger partial charge in [0.1, 0.15) is 11.7 Å². The van der Waals surface area contributed by atoms with Crippen LogP contribution in [0.3, 0.4) is 0 Å². The summed E-state index contributed by atoms with van der Waals surface area (Å²) in [7, 11) is 3.07. The summed E-state index contributed by atoms with van der Waals surface area (Å²) in [5.74, 6) is 0.519. The van der Waals surface area contributed by atoms with Crippen molar-refractivity contribution < 1.29 is 19.1 Å². The fraction of sp³-hybridized carbons (Fsp3) is 0.346. The molecule has 3 rings (SSSR count). The molecule has 1 atom stereocenters. The standard InChI is InChI=1S/C26H32N6O4S/c1-16(2)11-20(25(34)28-14-17-5-8-19(9-6-17)21-15-37-32-31-21)29-26(27)30-24(33)13-18-7-10-22(35-3)23(12-18)36-4/h5-10,12,15-16,20H,11,13-14H2,1-4H3,(H,28,34)(H3,27,29,30,33)/t20-/m1/s1. The van der Waals surface area contributed by atoms with Gasteiger partial charge >= 0.3 is 0 Å². The number of carbonyl (C=O) groups excluding carboxylic acids is 2. The van der Waals surface area contributed by atoms with Crippen molar-refractivity contribution >= 4 is 29.3 Å². The van der Waals surface area contributed by atoms with E-state index in [0.29, 0.717) is 30.0 Å². The van der Waals surface area contributed by atoms with E-state index < -0.39 is 11.9 Å². The fourth-order valence-electron chi connectivity index (χ4n) is 3.65. The lowest BCUT2D eigenvalue weighted by molar-refractivity contribution is -0.123. The highest BCUT2D eigenvalue weighted by atomic mass is 32.1. The maximum Gasteiger partial charge on any atom is 0.253 e. The first-order chi connectivity index (χ1) is 17.8. The predicted molar refractivity (Wildman–Crippen MR) is 143 cm³/mol. The maximum atomic E-state index is 12.9. The second-order valence-corrected chi connectivity index (χ2v) is 9.40. The van der Waals surface area contributed by atoms with Gasteiger partial charge in [-0.2, -0.15) is 4.99 Å². The minimum Gasteiger partial charge on any atom is -0.493 e. The van der Waals surface area contributed by atoms with Gasteiger partial charge in [0, 0.05) is 17.5 Å². The molecule has 2 amide bonds. The highest BCUT2D eigenvalue weighted by Crippen LogP contribution is 2.27. The molecule has 0 aliphatic carbocycles. The molecule has 1 heterocycles. The zero-order valence-corrected chi connectivity index (χ0v) is 22.2. The fourth-order valence-corrected chi connectivity index (χ4v) is 4.11. The third-order valence-electron chi connectivity index (χ3n) is 5.47. The van der Waals surface area contributed by atoms with E-state index in [2.05, 4.69) is 25.2 Å². The molecule has 1 aromatic heterocycles. The van der Waals surface area contributed by atoms with E-state index in [1.54, 1.807) is 25.3 Å². The molecule has 3 aromatic rings. The van der Waals surface area contributed by atoms with Gasteiger partial charge in [0.2, 0.25) is 5.91 Å². The van der Waals surface area contributed by atoms with Crippen molar-refractivity contribution in [1.82, 2.24) is 20.2 Å². The Balaban J connectivity index is 1.58. The van der Waals surface area contributed by atoms with Crippen LogP contribution in [-0.4, -0.2) is 47.6 Å². The molecule has 37 heavy (non-hydrogen) atoms. The Kier molecular flexibility index (Phi) is 9.96. The summed E-state index contributed by atoms with van der Waals surface area (Å²) in [5.41, 5.74) is 9.42. The molecule has 0 aliphatic heterocycles. The molecule has 4 N–H and O–H groups in total. The maximum absolute atomic E-state index is 12.9. The number of benzene rings is 2. The van der Waals surface area contributed by atoms with Crippen LogP contribution in [0.1, 0.15) is 31.4 Å². The number of guanidine groups is 1. The molecule has 10 nitrogen and oxygen atoms in total. The summed E-state index contributed by atoms with van der Waals surface area (Å²) >= 11 is 1.30. The summed E-state index contributed by atoms with van der Waals surface area (Å²) in [5, 5.41) is 11.8. The first kappa shape index (κ1) is 27.6. The molecule has 0 saturated carbocycles. The Labute approximate surface area is 220 Å². The monoisotopic (exact) mass is 524 g/mol. The molecule has 0 fully saturated rings. The second-order valence-electron chi connectivity index (χ2n) is 8.79. The Bertz CT molecular complexity index is 1210. The number of nitrogens with two attached hydrogens (primary N) is 1. The minimum absolute atomic E-state index is 0.0245. The van der Waals surface area contributed by atoms with E-state index in [1.807, 2.05) is 43.5 Å². The Morgan fingerprint density at radius 1 is 1.05 bits per heavy atom. The molecule has 0 radical (unpaired) electrons. The van der Waals surface area contributed by atoms with Crippen molar-refractivity contribution in [1.29, 1.82) is 0 Å². The zero-order chi connectivity index (χ0) is 26.8. The van der Waals surface area contributed by atoms with Crippen LogP contribution in [-0.2, 0) is 22.6 Å². The minimum atomic E-state index is -0.641. The van der Waals surface area contributed by atoms with Crippen molar-refractivity contribution in [3.63, 3.8) is 0 Å².